The summed E-state index contributed by atoms with van der Waals surface area (Å²) < 4.78 is 13.8. The highest BCUT2D eigenvalue weighted by atomic mass is 19.1. The van der Waals surface area contributed by atoms with Crippen molar-refractivity contribution in [2.75, 3.05) is 0 Å². The van der Waals surface area contributed by atoms with E-state index in [1.54, 1.807) is 13.1 Å². The Morgan fingerprint density at radius 2 is 2.28 bits per heavy atom. The van der Waals surface area contributed by atoms with E-state index in [4.69, 9.17) is 5.84 Å². The summed E-state index contributed by atoms with van der Waals surface area (Å²) in [4.78, 5) is 1.36. The van der Waals surface area contributed by atoms with Gasteiger partial charge in [0.25, 0.3) is 0 Å². The Hall–Kier alpha value is -1.86. The van der Waals surface area contributed by atoms with Crippen LogP contribution in [0.25, 0.3) is 0 Å². The summed E-state index contributed by atoms with van der Waals surface area (Å²) in [5.41, 5.74) is 3.94. The number of nitrogens with one attached hydrogen (secondary N) is 1. The van der Waals surface area contributed by atoms with E-state index in [0.29, 0.717) is 17.8 Å². The smallest absolute Gasteiger partial charge is 0.176 e. The Morgan fingerprint density at radius 3 is 2.83 bits per heavy atom. The molecule has 0 radical (unpaired) electrons. The van der Waals surface area contributed by atoms with Gasteiger partial charge < -0.3 is 0 Å². The lowest BCUT2D eigenvalue weighted by molar-refractivity contribution is 0.500. The summed E-state index contributed by atoms with van der Waals surface area (Å²) in [5, 5.41) is 11.6. The van der Waals surface area contributed by atoms with E-state index >= 15 is 0 Å². The van der Waals surface area contributed by atoms with E-state index in [-0.39, 0.29) is 11.9 Å². The van der Waals surface area contributed by atoms with E-state index in [1.165, 1.54) is 10.9 Å². The van der Waals surface area contributed by atoms with Crippen LogP contribution < -0.4 is 11.3 Å². The lowest BCUT2D eigenvalue weighted by atomic mass is 10.0. The molecule has 0 aliphatic carbocycles. The monoisotopic (exact) mass is 250 g/mol. The van der Waals surface area contributed by atoms with Gasteiger partial charge in [0.1, 0.15) is 5.82 Å². The van der Waals surface area contributed by atoms with Crippen molar-refractivity contribution in [1.82, 2.24) is 25.6 Å². The molecule has 2 rings (SSSR count). The molecule has 6 nitrogen and oxygen atoms in total. The first-order valence-corrected chi connectivity index (χ1v) is 5.55. The molecule has 0 saturated carbocycles. The minimum absolute atomic E-state index is 0.290. The van der Waals surface area contributed by atoms with E-state index in [9.17, 15) is 4.39 Å². The molecule has 0 spiro atoms. The Balaban J connectivity index is 2.22. The summed E-state index contributed by atoms with van der Waals surface area (Å²) in [6.45, 7) is 1.84. The van der Waals surface area contributed by atoms with Crippen LogP contribution in [-0.4, -0.2) is 20.2 Å². The average molecular weight is 250 g/mol. The van der Waals surface area contributed by atoms with Crippen LogP contribution in [0.4, 0.5) is 4.39 Å². The number of rotatable bonds is 4. The minimum atomic E-state index is -0.380. The third-order valence-corrected chi connectivity index (χ3v) is 2.67. The number of nitrogens with two attached hydrogens (primary N) is 1. The van der Waals surface area contributed by atoms with Gasteiger partial charge in [0.2, 0.25) is 0 Å². The van der Waals surface area contributed by atoms with Crippen LogP contribution in [0.15, 0.2) is 18.2 Å². The zero-order valence-corrected chi connectivity index (χ0v) is 10.3. The zero-order valence-electron chi connectivity index (χ0n) is 10.3. The fourth-order valence-corrected chi connectivity index (χ4v) is 1.76. The molecule has 1 aromatic carbocycles. The van der Waals surface area contributed by atoms with Gasteiger partial charge in [-0.05, 0) is 23.8 Å². The Morgan fingerprint density at radius 1 is 1.50 bits per heavy atom. The minimum Gasteiger partial charge on any atom is -0.271 e. The van der Waals surface area contributed by atoms with Crippen LogP contribution in [0.1, 0.15) is 23.0 Å². The predicted molar refractivity (Wildman–Crippen MR) is 63.7 cm³/mol. The van der Waals surface area contributed by atoms with Crippen molar-refractivity contribution in [1.29, 1.82) is 0 Å². The van der Waals surface area contributed by atoms with Crippen LogP contribution in [0.5, 0.6) is 0 Å². The summed E-state index contributed by atoms with van der Waals surface area (Å²) in [5.74, 6) is 5.69. The highest BCUT2D eigenvalue weighted by molar-refractivity contribution is 5.26. The molecule has 0 fully saturated rings. The topological polar surface area (TPSA) is 81.7 Å². The molecule has 0 bridgehead atoms. The second kappa shape index (κ2) is 5.19. The number of halogens is 1. The van der Waals surface area contributed by atoms with E-state index in [2.05, 4.69) is 20.8 Å². The van der Waals surface area contributed by atoms with Crippen LogP contribution >= 0.6 is 0 Å². The van der Waals surface area contributed by atoms with Crippen molar-refractivity contribution in [3.63, 3.8) is 0 Å². The standard InChI is InChI=1S/C11H15FN6/c1-7-3-4-8(9(12)5-7)10(14-13)6-11-15-17-18(2)16-11/h3-5,10,14H,6,13H2,1-2H3. The fraction of sp³-hybridized carbons (Fsp3) is 0.364. The largest absolute Gasteiger partial charge is 0.271 e. The summed E-state index contributed by atoms with van der Waals surface area (Å²) in [7, 11) is 1.67. The van der Waals surface area contributed by atoms with Gasteiger partial charge >= 0.3 is 0 Å². The van der Waals surface area contributed by atoms with Gasteiger partial charge in [-0.2, -0.15) is 4.80 Å². The van der Waals surface area contributed by atoms with Crippen molar-refractivity contribution in [2.45, 2.75) is 19.4 Å². The lowest BCUT2D eigenvalue weighted by Crippen LogP contribution is -2.30. The van der Waals surface area contributed by atoms with Crippen molar-refractivity contribution >= 4 is 0 Å². The first-order chi connectivity index (χ1) is 8.60. The van der Waals surface area contributed by atoms with Gasteiger partial charge in [-0.1, -0.05) is 12.1 Å². The van der Waals surface area contributed by atoms with Crippen molar-refractivity contribution < 1.29 is 4.39 Å². The quantitative estimate of drug-likeness (QED) is 0.606. The van der Waals surface area contributed by atoms with Gasteiger partial charge in [0, 0.05) is 12.0 Å². The predicted octanol–water partition coefficient (Wildman–Crippen LogP) is 0.405. The molecule has 0 saturated heterocycles. The van der Waals surface area contributed by atoms with Crippen LogP contribution in [0.2, 0.25) is 0 Å². The molecule has 1 aromatic heterocycles. The third-order valence-electron chi connectivity index (χ3n) is 2.67. The number of aromatic nitrogens is 4. The molecule has 2 aromatic rings. The first-order valence-electron chi connectivity index (χ1n) is 5.55. The highest BCUT2D eigenvalue weighted by Gasteiger charge is 2.17. The Kier molecular flexibility index (Phi) is 3.63. The maximum atomic E-state index is 13.8. The molecular weight excluding hydrogens is 235 g/mol. The molecule has 18 heavy (non-hydrogen) atoms. The Bertz CT molecular complexity index is 538. The van der Waals surface area contributed by atoms with E-state index in [0.717, 1.165) is 5.56 Å². The van der Waals surface area contributed by atoms with Crippen LogP contribution in [0.3, 0.4) is 0 Å². The number of hydrazine groups is 1. The second-order valence-electron chi connectivity index (χ2n) is 4.14. The highest BCUT2D eigenvalue weighted by Crippen LogP contribution is 2.20. The number of tetrazole rings is 1. The van der Waals surface area contributed by atoms with Gasteiger partial charge in [-0.15, -0.1) is 10.2 Å². The summed E-state index contributed by atoms with van der Waals surface area (Å²) in [6, 6.07) is 4.65. The fourth-order valence-electron chi connectivity index (χ4n) is 1.76. The second-order valence-corrected chi connectivity index (χ2v) is 4.14. The molecule has 0 aliphatic heterocycles. The van der Waals surface area contributed by atoms with Gasteiger partial charge in [-0.25, -0.2) is 4.39 Å². The number of aryl methyl sites for hydroxylation is 2. The number of hydrogen-bond acceptors (Lipinski definition) is 5. The maximum absolute atomic E-state index is 13.8. The lowest BCUT2D eigenvalue weighted by Gasteiger charge is -2.15. The normalized spacial score (nSPS) is 12.7. The molecule has 7 heteroatoms. The maximum Gasteiger partial charge on any atom is 0.176 e. The van der Waals surface area contributed by atoms with Gasteiger partial charge in [-0.3, -0.25) is 11.3 Å². The third kappa shape index (κ3) is 2.69. The van der Waals surface area contributed by atoms with Gasteiger partial charge in [0.15, 0.2) is 5.82 Å². The SMILES string of the molecule is Cc1ccc(C(Cc2nnn(C)n2)NN)c(F)c1. The average Bonchev–Trinajstić information content (AvgIpc) is 2.72. The number of benzene rings is 1. The molecule has 3 N–H and O–H groups in total. The molecule has 1 unspecified atom stereocenters. The summed E-state index contributed by atoms with van der Waals surface area (Å²) in [6.07, 6.45) is 0.379. The molecule has 1 atom stereocenters. The van der Waals surface area contributed by atoms with Crippen LogP contribution in [0, 0.1) is 12.7 Å². The molecular formula is C11H15FN6. The first kappa shape index (κ1) is 12.6. The van der Waals surface area contributed by atoms with E-state index < -0.39 is 0 Å². The van der Waals surface area contributed by atoms with Crippen LogP contribution in [-0.2, 0) is 13.5 Å². The van der Waals surface area contributed by atoms with E-state index in [1.807, 2.05) is 13.0 Å². The van der Waals surface area contributed by atoms with Gasteiger partial charge in [0.05, 0.1) is 13.1 Å². The van der Waals surface area contributed by atoms with Crippen molar-refractivity contribution in [2.24, 2.45) is 12.9 Å². The van der Waals surface area contributed by atoms with Crippen molar-refractivity contribution in [3.05, 3.63) is 41.0 Å². The summed E-state index contributed by atoms with van der Waals surface area (Å²) >= 11 is 0. The zero-order chi connectivity index (χ0) is 13.1. The molecule has 96 valence electrons. The number of hydrogen-bond donors (Lipinski definition) is 2. The molecule has 1 heterocycles. The number of nitrogens with zero attached hydrogens (tertiary/aromatic N) is 4. The molecule has 0 amide bonds. The van der Waals surface area contributed by atoms with Crippen molar-refractivity contribution in [3.8, 4) is 0 Å². The molecule has 0 aliphatic rings. The Labute approximate surface area is 104 Å².